The van der Waals surface area contributed by atoms with E-state index in [4.69, 9.17) is 4.42 Å². The molecule has 2 rings (SSSR count). The van der Waals surface area contributed by atoms with Gasteiger partial charge in [0.05, 0.1) is 0 Å². The number of benzene rings is 1. The molecule has 0 fully saturated rings. The van der Waals surface area contributed by atoms with Gasteiger partial charge in [-0.05, 0) is 25.2 Å². The Kier molecular flexibility index (Phi) is 4.58. The third kappa shape index (κ3) is 3.35. The second kappa shape index (κ2) is 6.38. The maximum absolute atomic E-state index is 11.9. The molecule has 2 aromatic rings. The van der Waals surface area contributed by atoms with Crippen LogP contribution in [0.3, 0.4) is 0 Å². The highest BCUT2D eigenvalue weighted by atomic mass is 16.3. The number of carbonyl (C=O) groups is 1. The number of carbonyl (C=O) groups excluding carboxylic acids is 1. The van der Waals surface area contributed by atoms with Crippen LogP contribution in [-0.4, -0.2) is 37.0 Å². The minimum atomic E-state index is -0.150. The molecule has 1 aromatic carbocycles. The molecule has 4 heteroatoms. The Labute approximate surface area is 113 Å². The summed E-state index contributed by atoms with van der Waals surface area (Å²) in [6.07, 6.45) is 0. The number of fused-ring (bicyclic) bond motifs is 1. The fourth-order valence-corrected chi connectivity index (χ4v) is 2.05. The Morgan fingerprint density at radius 2 is 2.00 bits per heavy atom. The van der Waals surface area contributed by atoms with Crippen molar-refractivity contribution >= 4 is 16.9 Å². The van der Waals surface area contributed by atoms with Gasteiger partial charge < -0.3 is 14.6 Å². The quantitative estimate of drug-likeness (QED) is 0.868. The van der Waals surface area contributed by atoms with Crippen molar-refractivity contribution < 1.29 is 9.21 Å². The van der Waals surface area contributed by atoms with Crippen LogP contribution in [0.2, 0.25) is 0 Å². The second-order valence-electron chi connectivity index (χ2n) is 4.43. The molecule has 0 aliphatic rings. The van der Waals surface area contributed by atoms with Crippen LogP contribution < -0.4 is 5.32 Å². The van der Waals surface area contributed by atoms with E-state index in [1.807, 2.05) is 24.3 Å². The van der Waals surface area contributed by atoms with Gasteiger partial charge in [0.15, 0.2) is 5.76 Å². The van der Waals surface area contributed by atoms with Gasteiger partial charge in [0, 0.05) is 18.5 Å². The Morgan fingerprint density at radius 3 is 2.68 bits per heavy atom. The van der Waals surface area contributed by atoms with E-state index >= 15 is 0 Å². The number of furan rings is 1. The predicted molar refractivity (Wildman–Crippen MR) is 76.3 cm³/mol. The molecule has 4 nitrogen and oxygen atoms in total. The Morgan fingerprint density at radius 1 is 1.26 bits per heavy atom. The Balaban J connectivity index is 1.92. The number of likely N-dealkylation sites (N-methyl/N-ethyl adjacent to an activating group) is 1. The van der Waals surface area contributed by atoms with Crippen molar-refractivity contribution in [1.29, 1.82) is 0 Å². The SMILES string of the molecule is CCN(CC)CCNC(=O)c1cc2ccccc2o1. The molecule has 19 heavy (non-hydrogen) atoms. The molecule has 0 saturated heterocycles. The summed E-state index contributed by atoms with van der Waals surface area (Å²) in [5.41, 5.74) is 0.747. The molecule has 1 aromatic heterocycles. The normalized spacial score (nSPS) is 11.1. The van der Waals surface area contributed by atoms with Gasteiger partial charge in [0.1, 0.15) is 5.58 Å². The number of para-hydroxylation sites is 1. The summed E-state index contributed by atoms with van der Waals surface area (Å²) in [7, 11) is 0. The molecule has 0 radical (unpaired) electrons. The van der Waals surface area contributed by atoms with Gasteiger partial charge in [0.2, 0.25) is 0 Å². The lowest BCUT2D eigenvalue weighted by Gasteiger charge is -2.17. The highest BCUT2D eigenvalue weighted by molar-refractivity contribution is 5.96. The molecule has 0 spiro atoms. The maximum Gasteiger partial charge on any atom is 0.287 e. The van der Waals surface area contributed by atoms with Crippen LogP contribution >= 0.6 is 0 Å². The highest BCUT2D eigenvalue weighted by Gasteiger charge is 2.11. The third-order valence-electron chi connectivity index (χ3n) is 3.26. The lowest BCUT2D eigenvalue weighted by Crippen LogP contribution is -2.34. The average molecular weight is 260 g/mol. The Hall–Kier alpha value is -1.81. The van der Waals surface area contributed by atoms with E-state index in [9.17, 15) is 4.79 Å². The van der Waals surface area contributed by atoms with Crippen molar-refractivity contribution in [2.75, 3.05) is 26.2 Å². The van der Waals surface area contributed by atoms with Gasteiger partial charge >= 0.3 is 0 Å². The van der Waals surface area contributed by atoms with Gasteiger partial charge in [-0.3, -0.25) is 4.79 Å². The van der Waals surface area contributed by atoms with E-state index < -0.39 is 0 Å². The third-order valence-corrected chi connectivity index (χ3v) is 3.26. The molecular weight excluding hydrogens is 240 g/mol. The van der Waals surface area contributed by atoms with Crippen molar-refractivity contribution in [3.63, 3.8) is 0 Å². The number of hydrogen-bond donors (Lipinski definition) is 1. The highest BCUT2D eigenvalue weighted by Crippen LogP contribution is 2.18. The minimum Gasteiger partial charge on any atom is -0.451 e. The van der Waals surface area contributed by atoms with Gasteiger partial charge in [-0.1, -0.05) is 32.0 Å². The van der Waals surface area contributed by atoms with Gasteiger partial charge in [0.25, 0.3) is 5.91 Å². The van der Waals surface area contributed by atoms with Crippen LogP contribution in [0.25, 0.3) is 11.0 Å². The number of nitrogens with one attached hydrogen (secondary N) is 1. The van der Waals surface area contributed by atoms with Gasteiger partial charge in [-0.2, -0.15) is 0 Å². The monoisotopic (exact) mass is 260 g/mol. The first kappa shape index (κ1) is 13.6. The summed E-state index contributed by atoms with van der Waals surface area (Å²) in [5, 5.41) is 3.84. The fourth-order valence-electron chi connectivity index (χ4n) is 2.05. The van der Waals surface area contributed by atoms with Crippen LogP contribution in [0.15, 0.2) is 34.7 Å². The van der Waals surface area contributed by atoms with E-state index in [1.54, 1.807) is 6.07 Å². The lowest BCUT2D eigenvalue weighted by molar-refractivity contribution is 0.0923. The predicted octanol–water partition coefficient (Wildman–Crippen LogP) is 2.50. The van der Waals surface area contributed by atoms with Crippen LogP contribution in [0.4, 0.5) is 0 Å². The smallest absolute Gasteiger partial charge is 0.287 e. The molecule has 0 aliphatic heterocycles. The first-order valence-electron chi connectivity index (χ1n) is 6.73. The largest absolute Gasteiger partial charge is 0.451 e. The van der Waals surface area contributed by atoms with Crippen LogP contribution in [-0.2, 0) is 0 Å². The van der Waals surface area contributed by atoms with E-state index in [-0.39, 0.29) is 5.91 Å². The second-order valence-corrected chi connectivity index (χ2v) is 4.43. The summed E-state index contributed by atoms with van der Waals surface area (Å²) in [5.74, 6) is 0.226. The zero-order chi connectivity index (χ0) is 13.7. The number of rotatable bonds is 6. The zero-order valence-electron chi connectivity index (χ0n) is 11.5. The lowest BCUT2D eigenvalue weighted by atomic mass is 10.2. The van der Waals surface area contributed by atoms with Crippen LogP contribution in [0.1, 0.15) is 24.4 Å². The molecule has 1 heterocycles. The topological polar surface area (TPSA) is 45.5 Å². The molecule has 0 atom stereocenters. The Bertz CT molecular complexity index is 511. The van der Waals surface area contributed by atoms with Gasteiger partial charge in [-0.15, -0.1) is 0 Å². The zero-order valence-corrected chi connectivity index (χ0v) is 11.5. The van der Waals surface area contributed by atoms with Crippen molar-refractivity contribution in [3.05, 3.63) is 36.1 Å². The van der Waals surface area contributed by atoms with Crippen molar-refractivity contribution in [2.45, 2.75) is 13.8 Å². The summed E-state index contributed by atoms with van der Waals surface area (Å²) >= 11 is 0. The van der Waals surface area contributed by atoms with Crippen molar-refractivity contribution in [2.24, 2.45) is 0 Å². The standard InChI is InChI=1S/C15H20N2O2/c1-3-17(4-2)10-9-16-15(18)14-11-12-7-5-6-8-13(12)19-14/h5-8,11H,3-4,9-10H2,1-2H3,(H,16,18). The summed E-state index contributed by atoms with van der Waals surface area (Å²) < 4.78 is 5.51. The van der Waals surface area contributed by atoms with Crippen LogP contribution in [0, 0.1) is 0 Å². The number of nitrogens with zero attached hydrogens (tertiary/aromatic N) is 1. The van der Waals surface area contributed by atoms with Crippen molar-refractivity contribution in [3.8, 4) is 0 Å². The number of amides is 1. The fraction of sp³-hybridized carbons (Fsp3) is 0.400. The molecule has 1 N–H and O–H groups in total. The average Bonchev–Trinajstić information content (AvgIpc) is 2.87. The molecule has 102 valence electrons. The molecular formula is C15H20N2O2. The molecule has 0 saturated carbocycles. The van der Waals surface area contributed by atoms with E-state index in [1.165, 1.54) is 0 Å². The van der Waals surface area contributed by atoms with E-state index in [0.29, 0.717) is 12.3 Å². The first-order valence-corrected chi connectivity index (χ1v) is 6.73. The van der Waals surface area contributed by atoms with E-state index in [0.717, 1.165) is 30.6 Å². The minimum absolute atomic E-state index is 0.150. The summed E-state index contributed by atoms with van der Waals surface area (Å²) in [6.45, 7) is 7.72. The van der Waals surface area contributed by atoms with E-state index in [2.05, 4.69) is 24.1 Å². The maximum atomic E-state index is 11.9. The molecule has 1 amide bonds. The van der Waals surface area contributed by atoms with Crippen molar-refractivity contribution in [1.82, 2.24) is 10.2 Å². The first-order chi connectivity index (χ1) is 9.24. The molecule has 0 unspecified atom stereocenters. The number of hydrogen-bond acceptors (Lipinski definition) is 3. The molecule has 0 aliphatic carbocycles. The summed E-state index contributed by atoms with van der Waals surface area (Å²) in [6, 6.07) is 9.41. The van der Waals surface area contributed by atoms with Gasteiger partial charge in [-0.25, -0.2) is 0 Å². The summed E-state index contributed by atoms with van der Waals surface area (Å²) in [4.78, 5) is 14.2. The molecule has 0 bridgehead atoms. The van der Waals surface area contributed by atoms with Crippen LogP contribution in [0.5, 0.6) is 0 Å².